The molecule has 1 fully saturated rings. The molecular formula is C13H13F3N4O2. The summed E-state index contributed by atoms with van der Waals surface area (Å²) in [4.78, 5) is 13.8. The van der Waals surface area contributed by atoms with Gasteiger partial charge in [0.15, 0.2) is 11.8 Å². The Morgan fingerprint density at radius 2 is 2.23 bits per heavy atom. The summed E-state index contributed by atoms with van der Waals surface area (Å²) in [6, 6.07) is 2.04. The zero-order valence-electron chi connectivity index (χ0n) is 11.6. The first-order chi connectivity index (χ1) is 10.4. The molecule has 2 aromatic rings. The maximum Gasteiger partial charge on any atom is 0.416 e. The van der Waals surface area contributed by atoms with Crippen LogP contribution in [0.4, 0.5) is 13.2 Å². The Hall–Kier alpha value is -2.16. The molecule has 2 aromatic heterocycles. The molecule has 0 aromatic carbocycles. The maximum absolute atomic E-state index is 12.9. The van der Waals surface area contributed by atoms with Crippen molar-refractivity contribution in [2.75, 3.05) is 13.2 Å². The molecule has 2 unspecified atom stereocenters. The lowest BCUT2D eigenvalue weighted by atomic mass is 10.1. The van der Waals surface area contributed by atoms with E-state index in [0.717, 1.165) is 0 Å². The van der Waals surface area contributed by atoms with E-state index in [1.165, 1.54) is 24.2 Å². The van der Waals surface area contributed by atoms with Crippen LogP contribution < -0.4 is 0 Å². The molecule has 0 aliphatic carbocycles. The summed E-state index contributed by atoms with van der Waals surface area (Å²) >= 11 is 0. The minimum atomic E-state index is -4.51. The minimum absolute atomic E-state index is 0.0990. The predicted molar refractivity (Wildman–Crippen MR) is 69.3 cm³/mol. The molecule has 6 nitrogen and oxygen atoms in total. The van der Waals surface area contributed by atoms with Gasteiger partial charge >= 0.3 is 6.18 Å². The number of ether oxygens (including phenoxy) is 1. The van der Waals surface area contributed by atoms with E-state index in [0.29, 0.717) is 5.65 Å². The summed E-state index contributed by atoms with van der Waals surface area (Å²) < 4.78 is 45.2. The molecule has 22 heavy (non-hydrogen) atoms. The minimum Gasteiger partial charge on any atom is -0.365 e. The van der Waals surface area contributed by atoms with Gasteiger partial charge in [0.05, 0.1) is 18.2 Å². The fourth-order valence-electron chi connectivity index (χ4n) is 2.61. The molecule has 0 radical (unpaired) electrons. The molecule has 1 saturated heterocycles. The number of hydrogen-bond acceptors (Lipinski definition) is 4. The third-order valence-electron chi connectivity index (χ3n) is 3.70. The summed E-state index contributed by atoms with van der Waals surface area (Å²) in [5.41, 5.74) is 0.532. The van der Waals surface area contributed by atoms with Crippen LogP contribution in [0.1, 0.15) is 17.3 Å². The highest BCUT2D eigenvalue weighted by molar-refractivity contribution is 5.99. The van der Waals surface area contributed by atoms with Crippen LogP contribution in [0.2, 0.25) is 0 Å². The van der Waals surface area contributed by atoms with Crippen molar-refractivity contribution in [3.8, 4) is 0 Å². The van der Waals surface area contributed by atoms with E-state index in [1.54, 1.807) is 16.7 Å². The van der Waals surface area contributed by atoms with E-state index in [9.17, 15) is 18.0 Å². The molecule has 0 bridgehead atoms. The van der Waals surface area contributed by atoms with Crippen molar-refractivity contribution >= 4 is 11.6 Å². The lowest BCUT2D eigenvalue weighted by molar-refractivity contribution is -0.246. The Morgan fingerprint density at radius 3 is 2.95 bits per heavy atom. The van der Waals surface area contributed by atoms with Crippen LogP contribution in [0.25, 0.3) is 5.65 Å². The number of rotatable bonds is 1. The third kappa shape index (κ3) is 2.41. The third-order valence-corrected chi connectivity index (χ3v) is 3.70. The van der Waals surface area contributed by atoms with Gasteiger partial charge in [0, 0.05) is 12.7 Å². The fraction of sp³-hybridized carbons (Fsp3) is 0.462. The van der Waals surface area contributed by atoms with Crippen LogP contribution in [0.3, 0.4) is 0 Å². The number of nitrogens with zero attached hydrogens (tertiary/aromatic N) is 4. The highest BCUT2D eigenvalue weighted by atomic mass is 19.4. The van der Waals surface area contributed by atoms with E-state index >= 15 is 0 Å². The molecular weight excluding hydrogens is 301 g/mol. The lowest BCUT2D eigenvalue weighted by Crippen LogP contribution is -2.57. The highest BCUT2D eigenvalue weighted by Gasteiger charge is 2.49. The number of alkyl halides is 3. The standard InChI is InChI=1S/C13H13F3N4O2/c1-8-10(13(14,15)16)22-6-5-20(8)12(21)9-3-2-4-19-7-17-18-11(9)19/h2-4,7-8,10H,5-6H2,1H3. The number of carbonyl (C=O) groups is 1. The Morgan fingerprint density at radius 1 is 1.45 bits per heavy atom. The number of aromatic nitrogens is 3. The number of halogens is 3. The Kier molecular flexibility index (Phi) is 3.51. The molecule has 0 N–H and O–H groups in total. The van der Waals surface area contributed by atoms with E-state index < -0.39 is 24.2 Å². The van der Waals surface area contributed by atoms with Gasteiger partial charge in [0.25, 0.3) is 5.91 Å². The molecule has 118 valence electrons. The van der Waals surface area contributed by atoms with Gasteiger partial charge in [-0.2, -0.15) is 13.2 Å². The molecule has 2 atom stereocenters. The van der Waals surface area contributed by atoms with Crippen LogP contribution >= 0.6 is 0 Å². The van der Waals surface area contributed by atoms with Crippen LogP contribution in [0.15, 0.2) is 24.7 Å². The van der Waals surface area contributed by atoms with Crippen molar-refractivity contribution in [3.63, 3.8) is 0 Å². The van der Waals surface area contributed by atoms with Crippen LogP contribution in [0.5, 0.6) is 0 Å². The van der Waals surface area contributed by atoms with Crippen molar-refractivity contribution in [3.05, 3.63) is 30.2 Å². The topological polar surface area (TPSA) is 59.7 Å². The summed E-state index contributed by atoms with van der Waals surface area (Å²) in [6.45, 7) is 1.27. The number of morpholine rings is 1. The van der Waals surface area contributed by atoms with Crippen LogP contribution in [0, 0.1) is 0 Å². The largest absolute Gasteiger partial charge is 0.416 e. The van der Waals surface area contributed by atoms with Gasteiger partial charge in [-0.05, 0) is 19.1 Å². The second-order valence-corrected chi connectivity index (χ2v) is 5.06. The predicted octanol–water partition coefficient (Wildman–Crippen LogP) is 1.52. The second-order valence-electron chi connectivity index (χ2n) is 5.06. The lowest BCUT2D eigenvalue weighted by Gasteiger charge is -2.39. The van der Waals surface area contributed by atoms with E-state index in [4.69, 9.17) is 4.74 Å². The van der Waals surface area contributed by atoms with Crippen molar-refractivity contribution in [1.82, 2.24) is 19.5 Å². The van der Waals surface area contributed by atoms with Gasteiger partial charge in [-0.1, -0.05) is 0 Å². The number of amides is 1. The zero-order valence-corrected chi connectivity index (χ0v) is 11.6. The smallest absolute Gasteiger partial charge is 0.365 e. The van der Waals surface area contributed by atoms with Crippen molar-refractivity contribution in [2.45, 2.75) is 25.2 Å². The highest BCUT2D eigenvalue weighted by Crippen LogP contribution is 2.30. The zero-order chi connectivity index (χ0) is 15.9. The van der Waals surface area contributed by atoms with Crippen molar-refractivity contribution in [1.29, 1.82) is 0 Å². The van der Waals surface area contributed by atoms with Gasteiger partial charge in [0.2, 0.25) is 0 Å². The molecule has 0 spiro atoms. The van der Waals surface area contributed by atoms with Gasteiger partial charge in [-0.25, -0.2) is 0 Å². The van der Waals surface area contributed by atoms with Gasteiger partial charge in [-0.15, -0.1) is 10.2 Å². The van der Waals surface area contributed by atoms with E-state index in [1.807, 2.05) is 0 Å². The van der Waals surface area contributed by atoms with Crippen molar-refractivity contribution in [2.24, 2.45) is 0 Å². The van der Waals surface area contributed by atoms with E-state index in [-0.39, 0.29) is 18.7 Å². The summed E-state index contributed by atoms with van der Waals surface area (Å²) in [6.07, 6.45) is -3.41. The Balaban J connectivity index is 1.93. The first-order valence-corrected chi connectivity index (χ1v) is 6.67. The molecule has 1 amide bonds. The normalized spacial score (nSPS) is 23.0. The van der Waals surface area contributed by atoms with Crippen LogP contribution in [-0.2, 0) is 4.74 Å². The molecule has 1 aliphatic heterocycles. The number of fused-ring (bicyclic) bond motifs is 1. The summed E-state index contributed by atoms with van der Waals surface area (Å²) in [5, 5.41) is 7.54. The molecule has 3 heterocycles. The van der Waals surface area contributed by atoms with Crippen molar-refractivity contribution < 1.29 is 22.7 Å². The Labute approximate surface area is 123 Å². The van der Waals surface area contributed by atoms with Crippen LogP contribution in [-0.4, -0.2) is 56.9 Å². The molecule has 3 rings (SSSR count). The molecule has 9 heteroatoms. The average Bonchev–Trinajstić information content (AvgIpc) is 2.93. The van der Waals surface area contributed by atoms with Gasteiger partial charge in [0.1, 0.15) is 6.33 Å². The molecule has 1 aliphatic rings. The monoisotopic (exact) mass is 314 g/mol. The molecule has 0 saturated carbocycles. The number of pyridine rings is 1. The quantitative estimate of drug-likeness (QED) is 0.801. The fourth-order valence-corrected chi connectivity index (χ4v) is 2.61. The van der Waals surface area contributed by atoms with Gasteiger partial charge < -0.3 is 9.64 Å². The summed E-state index contributed by atoms with van der Waals surface area (Å²) in [5.74, 6) is -0.511. The summed E-state index contributed by atoms with van der Waals surface area (Å²) in [7, 11) is 0. The second kappa shape index (κ2) is 5.24. The number of carbonyl (C=O) groups excluding carboxylic acids is 1. The average molecular weight is 314 g/mol. The van der Waals surface area contributed by atoms with Gasteiger partial charge in [-0.3, -0.25) is 9.20 Å². The first kappa shape index (κ1) is 14.8. The Bertz CT molecular complexity index is 700. The number of hydrogen-bond donors (Lipinski definition) is 0. The maximum atomic E-state index is 12.9. The van der Waals surface area contributed by atoms with E-state index in [2.05, 4.69) is 10.2 Å². The SMILES string of the molecule is CC1C(C(F)(F)F)OCCN1C(=O)c1cccn2cnnc12. The first-order valence-electron chi connectivity index (χ1n) is 6.67.